The molecule has 2 rings (SSSR count). The standard InChI is InChI=1S/C16H20N2O3/c1-10-5-6-11(9-18-10)16(17)12-7-14(20-3)15(21-4)8-13(12)19-2/h5-9,16H,17H2,1-4H3. The monoisotopic (exact) mass is 288 g/mol. The molecule has 0 aliphatic heterocycles. The summed E-state index contributed by atoms with van der Waals surface area (Å²) in [6.45, 7) is 1.94. The number of benzene rings is 1. The van der Waals surface area contributed by atoms with Crippen LogP contribution >= 0.6 is 0 Å². The maximum atomic E-state index is 6.34. The van der Waals surface area contributed by atoms with Gasteiger partial charge in [-0.3, -0.25) is 4.98 Å². The quantitative estimate of drug-likeness (QED) is 0.915. The summed E-state index contributed by atoms with van der Waals surface area (Å²) < 4.78 is 16.0. The topological polar surface area (TPSA) is 66.6 Å². The molecule has 21 heavy (non-hydrogen) atoms. The largest absolute Gasteiger partial charge is 0.496 e. The molecule has 5 nitrogen and oxygen atoms in total. The first kappa shape index (κ1) is 15.1. The highest BCUT2D eigenvalue weighted by molar-refractivity contribution is 5.53. The van der Waals surface area contributed by atoms with Crippen molar-refractivity contribution in [3.05, 3.63) is 47.3 Å². The molecule has 0 radical (unpaired) electrons. The number of aryl methyl sites for hydroxylation is 1. The van der Waals surface area contributed by atoms with E-state index in [4.69, 9.17) is 19.9 Å². The molecule has 0 bridgehead atoms. The van der Waals surface area contributed by atoms with E-state index in [-0.39, 0.29) is 6.04 Å². The van der Waals surface area contributed by atoms with Crippen molar-refractivity contribution in [3.8, 4) is 17.2 Å². The molecule has 1 aromatic carbocycles. The van der Waals surface area contributed by atoms with E-state index in [2.05, 4.69) is 4.98 Å². The third kappa shape index (κ3) is 3.08. The fourth-order valence-electron chi connectivity index (χ4n) is 2.14. The first-order valence-electron chi connectivity index (χ1n) is 6.58. The molecule has 112 valence electrons. The van der Waals surface area contributed by atoms with Gasteiger partial charge in [0.15, 0.2) is 11.5 Å². The molecule has 1 aromatic heterocycles. The Morgan fingerprint density at radius 3 is 2.10 bits per heavy atom. The Bertz CT molecular complexity index is 612. The van der Waals surface area contributed by atoms with E-state index in [0.29, 0.717) is 17.2 Å². The van der Waals surface area contributed by atoms with Gasteiger partial charge < -0.3 is 19.9 Å². The van der Waals surface area contributed by atoms with Crippen molar-refractivity contribution < 1.29 is 14.2 Å². The second kappa shape index (κ2) is 6.45. The number of ether oxygens (including phenoxy) is 3. The summed E-state index contributed by atoms with van der Waals surface area (Å²) in [7, 11) is 4.78. The van der Waals surface area contributed by atoms with Crippen LogP contribution in [0.15, 0.2) is 30.5 Å². The number of methoxy groups -OCH3 is 3. The minimum atomic E-state index is -0.354. The van der Waals surface area contributed by atoms with Crippen molar-refractivity contribution in [2.75, 3.05) is 21.3 Å². The lowest BCUT2D eigenvalue weighted by Gasteiger charge is -2.19. The molecule has 0 spiro atoms. The third-order valence-corrected chi connectivity index (χ3v) is 3.36. The Morgan fingerprint density at radius 2 is 1.57 bits per heavy atom. The molecule has 1 unspecified atom stereocenters. The fraction of sp³-hybridized carbons (Fsp3) is 0.312. The molecule has 2 N–H and O–H groups in total. The Kier molecular flexibility index (Phi) is 4.65. The molecule has 1 atom stereocenters. The zero-order valence-corrected chi connectivity index (χ0v) is 12.7. The smallest absolute Gasteiger partial charge is 0.164 e. The van der Waals surface area contributed by atoms with Crippen LogP contribution in [0.3, 0.4) is 0 Å². The van der Waals surface area contributed by atoms with Crippen molar-refractivity contribution in [3.63, 3.8) is 0 Å². The van der Waals surface area contributed by atoms with E-state index in [1.165, 1.54) is 0 Å². The number of hydrogen-bond acceptors (Lipinski definition) is 5. The van der Waals surface area contributed by atoms with Gasteiger partial charge in [0.1, 0.15) is 5.75 Å². The van der Waals surface area contributed by atoms with Gasteiger partial charge in [-0.2, -0.15) is 0 Å². The summed E-state index contributed by atoms with van der Waals surface area (Å²) in [4.78, 5) is 4.28. The molecule has 5 heteroatoms. The summed E-state index contributed by atoms with van der Waals surface area (Å²) in [5, 5.41) is 0. The Labute approximate surface area is 124 Å². The molecule has 1 heterocycles. The number of nitrogens with zero attached hydrogens (tertiary/aromatic N) is 1. The Hall–Kier alpha value is -2.27. The molecule has 0 fully saturated rings. The van der Waals surface area contributed by atoms with Crippen LogP contribution < -0.4 is 19.9 Å². The summed E-state index contributed by atoms with van der Waals surface area (Å²) in [6.07, 6.45) is 1.77. The molecule has 0 aliphatic rings. The lowest BCUT2D eigenvalue weighted by Crippen LogP contribution is -2.14. The highest BCUT2D eigenvalue weighted by atomic mass is 16.5. The van der Waals surface area contributed by atoms with Gasteiger partial charge in [0, 0.05) is 23.5 Å². The molecule has 2 aromatic rings. The SMILES string of the molecule is COc1cc(OC)c(C(N)c2ccc(C)nc2)cc1OC. The highest BCUT2D eigenvalue weighted by Crippen LogP contribution is 2.38. The van der Waals surface area contributed by atoms with E-state index < -0.39 is 0 Å². The van der Waals surface area contributed by atoms with Crippen molar-refractivity contribution >= 4 is 0 Å². The molecular weight excluding hydrogens is 268 g/mol. The Morgan fingerprint density at radius 1 is 0.952 bits per heavy atom. The van der Waals surface area contributed by atoms with Gasteiger partial charge in [0.2, 0.25) is 0 Å². The van der Waals surface area contributed by atoms with E-state index in [1.807, 2.05) is 25.1 Å². The maximum Gasteiger partial charge on any atom is 0.164 e. The van der Waals surface area contributed by atoms with Crippen LogP contribution in [0.5, 0.6) is 17.2 Å². The van der Waals surface area contributed by atoms with Gasteiger partial charge in [0.05, 0.1) is 27.4 Å². The van der Waals surface area contributed by atoms with E-state index >= 15 is 0 Å². The average molecular weight is 288 g/mol. The van der Waals surface area contributed by atoms with Gasteiger partial charge >= 0.3 is 0 Å². The summed E-state index contributed by atoms with van der Waals surface area (Å²) in [6, 6.07) is 7.15. The number of hydrogen-bond donors (Lipinski definition) is 1. The van der Waals surface area contributed by atoms with Gasteiger partial charge in [-0.25, -0.2) is 0 Å². The fourth-order valence-corrected chi connectivity index (χ4v) is 2.14. The Balaban J connectivity index is 2.48. The predicted molar refractivity (Wildman–Crippen MR) is 81.1 cm³/mol. The zero-order chi connectivity index (χ0) is 15.4. The van der Waals surface area contributed by atoms with Crippen LogP contribution in [0.4, 0.5) is 0 Å². The minimum Gasteiger partial charge on any atom is -0.496 e. The summed E-state index contributed by atoms with van der Waals surface area (Å²) >= 11 is 0. The first-order chi connectivity index (χ1) is 10.1. The number of aromatic nitrogens is 1. The molecular formula is C16H20N2O3. The van der Waals surface area contributed by atoms with E-state index in [1.54, 1.807) is 33.6 Å². The van der Waals surface area contributed by atoms with Crippen LogP contribution in [0.2, 0.25) is 0 Å². The normalized spacial score (nSPS) is 11.9. The van der Waals surface area contributed by atoms with Crippen molar-refractivity contribution in [1.29, 1.82) is 0 Å². The molecule has 0 saturated heterocycles. The van der Waals surface area contributed by atoms with Gasteiger partial charge in [-0.1, -0.05) is 6.07 Å². The number of rotatable bonds is 5. The summed E-state index contributed by atoms with van der Waals surface area (Å²) in [5.74, 6) is 1.87. The average Bonchev–Trinajstić information content (AvgIpc) is 2.53. The lowest BCUT2D eigenvalue weighted by atomic mass is 9.99. The second-order valence-electron chi connectivity index (χ2n) is 4.66. The lowest BCUT2D eigenvalue weighted by molar-refractivity contribution is 0.347. The van der Waals surface area contributed by atoms with E-state index in [9.17, 15) is 0 Å². The molecule has 0 aliphatic carbocycles. The highest BCUT2D eigenvalue weighted by Gasteiger charge is 2.18. The third-order valence-electron chi connectivity index (χ3n) is 3.36. The predicted octanol–water partition coefficient (Wildman–Crippen LogP) is 2.46. The van der Waals surface area contributed by atoms with Gasteiger partial charge in [0.25, 0.3) is 0 Å². The molecule has 0 saturated carbocycles. The van der Waals surface area contributed by atoms with Gasteiger partial charge in [-0.15, -0.1) is 0 Å². The van der Waals surface area contributed by atoms with Crippen molar-refractivity contribution in [2.45, 2.75) is 13.0 Å². The van der Waals surface area contributed by atoms with E-state index in [0.717, 1.165) is 16.8 Å². The van der Waals surface area contributed by atoms with Crippen molar-refractivity contribution in [2.24, 2.45) is 5.73 Å². The first-order valence-corrected chi connectivity index (χ1v) is 6.58. The van der Waals surface area contributed by atoms with Gasteiger partial charge in [-0.05, 0) is 24.6 Å². The number of nitrogens with two attached hydrogens (primary N) is 1. The van der Waals surface area contributed by atoms with Crippen LogP contribution in [0.25, 0.3) is 0 Å². The number of pyridine rings is 1. The zero-order valence-electron chi connectivity index (χ0n) is 12.7. The van der Waals surface area contributed by atoms with Crippen molar-refractivity contribution in [1.82, 2.24) is 4.98 Å². The maximum absolute atomic E-state index is 6.34. The second-order valence-corrected chi connectivity index (χ2v) is 4.66. The summed E-state index contributed by atoms with van der Waals surface area (Å²) in [5.41, 5.74) is 9.02. The van der Waals surface area contributed by atoms with Crippen LogP contribution in [0.1, 0.15) is 22.9 Å². The molecule has 0 amide bonds. The van der Waals surface area contributed by atoms with Crippen LogP contribution in [0, 0.1) is 6.92 Å². The van der Waals surface area contributed by atoms with Crippen LogP contribution in [-0.4, -0.2) is 26.3 Å². The van der Waals surface area contributed by atoms with Crippen LogP contribution in [-0.2, 0) is 0 Å². The minimum absolute atomic E-state index is 0.354.